The average Bonchev–Trinajstić information content (AvgIpc) is 3.26. The number of nitrogens with zero attached hydrogens (tertiary/aromatic N) is 5. The van der Waals surface area contributed by atoms with Crippen molar-refractivity contribution in [3.63, 3.8) is 0 Å². The van der Waals surface area contributed by atoms with E-state index in [4.69, 9.17) is 14.6 Å². The lowest BCUT2D eigenvalue weighted by atomic mass is 10.0. The van der Waals surface area contributed by atoms with Gasteiger partial charge in [0.05, 0.1) is 23.4 Å². The smallest absolute Gasteiger partial charge is 0.410 e. The SMILES string of the molecule is CC[C@@H]1CN(c2cc(=O)n(C)c3cn(C4CCCCO4)nc23)[C@@H](CC)CN1C(=O)OC(C)(C)C. The zero-order chi connectivity index (χ0) is 24.6. The Hall–Kier alpha value is -2.55. The first-order chi connectivity index (χ1) is 16.1. The number of piperazine rings is 1. The number of rotatable bonds is 4. The van der Waals surface area contributed by atoms with Gasteiger partial charge in [-0.2, -0.15) is 5.10 Å². The summed E-state index contributed by atoms with van der Waals surface area (Å²) in [4.78, 5) is 30.1. The number of aryl methyl sites for hydroxylation is 1. The second-order valence-electron chi connectivity index (χ2n) is 10.5. The standard InChI is InChI=1S/C25H39N5O4/c1-7-17-15-29(24(32)34-25(3,4)5)18(8-2)14-28(17)19-13-21(31)27(6)20-16-30(26-23(19)20)22-11-9-10-12-33-22/h13,16-18,22H,7-12,14-15H2,1-6H3/t17-,18+,22?/m0/s1. The van der Waals surface area contributed by atoms with Crippen molar-refractivity contribution in [1.29, 1.82) is 0 Å². The molecule has 9 nitrogen and oxygen atoms in total. The molecular formula is C25H39N5O4. The number of anilines is 1. The first-order valence-electron chi connectivity index (χ1n) is 12.6. The van der Waals surface area contributed by atoms with Crippen LogP contribution in [0.3, 0.4) is 0 Å². The van der Waals surface area contributed by atoms with Crippen LogP contribution in [0.25, 0.3) is 11.0 Å². The Morgan fingerprint density at radius 3 is 2.53 bits per heavy atom. The molecule has 2 aromatic heterocycles. The molecule has 0 aromatic carbocycles. The Balaban J connectivity index is 1.71. The summed E-state index contributed by atoms with van der Waals surface area (Å²) < 4.78 is 15.2. The minimum Gasteiger partial charge on any atom is -0.444 e. The molecule has 2 aliphatic rings. The minimum absolute atomic E-state index is 0.0134. The van der Waals surface area contributed by atoms with E-state index in [1.807, 2.05) is 36.5 Å². The highest BCUT2D eigenvalue weighted by atomic mass is 16.6. The number of fused-ring (bicyclic) bond motifs is 1. The Morgan fingerprint density at radius 1 is 1.18 bits per heavy atom. The molecule has 1 unspecified atom stereocenters. The number of hydrogen-bond acceptors (Lipinski definition) is 6. The molecule has 2 saturated heterocycles. The number of hydrogen-bond donors (Lipinski definition) is 0. The predicted molar refractivity (Wildman–Crippen MR) is 132 cm³/mol. The van der Waals surface area contributed by atoms with E-state index in [0.29, 0.717) is 13.1 Å². The van der Waals surface area contributed by atoms with Crippen molar-refractivity contribution in [2.45, 2.75) is 90.6 Å². The number of amides is 1. The fourth-order valence-electron chi connectivity index (χ4n) is 5.00. The second kappa shape index (κ2) is 9.60. The molecule has 3 atom stereocenters. The maximum absolute atomic E-state index is 13.0. The average molecular weight is 474 g/mol. The maximum Gasteiger partial charge on any atom is 0.410 e. The Morgan fingerprint density at radius 2 is 1.91 bits per heavy atom. The first kappa shape index (κ1) is 24.6. The van der Waals surface area contributed by atoms with Crippen LogP contribution in [0.5, 0.6) is 0 Å². The number of carbonyl (C=O) groups excluding carboxylic acids is 1. The van der Waals surface area contributed by atoms with E-state index in [9.17, 15) is 9.59 Å². The summed E-state index contributed by atoms with van der Waals surface area (Å²) in [6, 6.07) is 1.74. The van der Waals surface area contributed by atoms with Crippen LogP contribution in [0.2, 0.25) is 0 Å². The predicted octanol–water partition coefficient (Wildman–Crippen LogP) is 4.05. The lowest BCUT2D eigenvalue weighted by molar-refractivity contribution is -0.0391. The normalized spacial score (nSPS) is 24.0. The van der Waals surface area contributed by atoms with Gasteiger partial charge in [0.2, 0.25) is 0 Å². The van der Waals surface area contributed by atoms with Gasteiger partial charge in [0.1, 0.15) is 17.3 Å². The topological polar surface area (TPSA) is 81.8 Å². The highest BCUT2D eigenvalue weighted by Gasteiger charge is 2.38. The van der Waals surface area contributed by atoms with Crippen molar-refractivity contribution in [3.8, 4) is 0 Å². The second-order valence-corrected chi connectivity index (χ2v) is 10.5. The highest BCUT2D eigenvalue weighted by Crippen LogP contribution is 2.32. The highest BCUT2D eigenvalue weighted by molar-refractivity contribution is 5.88. The Labute approximate surface area is 201 Å². The fraction of sp³-hybridized carbons (Fsp3) is 0.720. The van der Waals surface area contributed by atoms with E-state index >= 15 is 0 Å². The van der Waals surface area contributed by atoms with Crippen LogP contribution in [-0.4, -0.2) is 62.7 Å². The van der Waals surface area contributed by atoms with Crippen LogP contribution >= 0.6 is 0 Å². The van der Waals surface area contributed by atoms with Gasteiger partial charge in [0.15, 0.2) is 0 Å². The molecule has 0 N–H and O–H groups in total. The third-order valence-electron chi connectivity index (χ3n) is 6.93. The summed E-state index contributed by atoms with van der Waals surface area (Å²) in [6.07, 6.45) is 6.29. The van der Waals surface area contributed by atoms with Gasteiger partial charge in [-0.05, 0) is 52.9 Å². The summed E-state index contributed by atoms with van der Waals surface area (Å²) in [7, 11) is 1.79. The molecule has 188 valence electrons. The van der Waals surface area contributed by atoms with E-state index < -0.39 is 5.60 Å². The van der Waals surface area contributed by atoms with E-state index in [-0.39, 0.29) is 30.0 Å². The summed E-state index contributed by atoms with van der Waals surface area (Å²) in [5, 5.41) is 4.92. The van der Waals surface area contributed by atoms with Crippen molar-refractivity contribution in [3.05, 3.63) is 22.6 Å². The Bertz CT molecular complexity index is 1080. The van der Waals surface area contributed by atoms with Crippen molar-refractivity contribution in [2.24, 2.45) is 7.05 Å². The van der Waals surface area contributed by atoms with E-state index in [0.717, 1.165) is 55.4 Å². The lowest BCUT2D eigenvalue weighted by Gasteiger charge is -2.47. The molecule has 4 heterocycles. The summed E-state index contributed by atoms with van der Waals surface area (Å²) in [5.41, 5.74) is 1.83. The van der Waals surface area contributed by atoms with Gasteiger partial charge in [-0.1, -0.05) is 13.8 Å². The van der Waals surface area contributed by atoms with Crippen LogP contribution in [0, 0.1) is 0 Å². The number of aromatic nitrogens is 3. The molecule has 9 heteroatoms. The third-order valence-corrected chi connectivity index (χ3v) is 6.93. The van der Waals surface area contributed by atoms with Gasteiger partial charge in [-0.15, -0.1) is 0 Å². The summed E-state index contributed by atoms with van der Waals surface area (Å²) in [6.45, 7) is 11.8. The van der Waals surface area contributed by atoms with Gasteiger partial charge in [-0.3, -0.25) is 4.79 Å². The Kier molecular flexibility index (Phi) is 6.94. The van der Waals surface area contributed by atoms with Crippen molar-refractivity contribution in [1.82, 2.24) is 19.2 Å². The van der Waals surface area contributed by atoms with Crippen LogP contribution in [0.15, 0.2) is 17.1 Å². The first-order valence-corrected chi connectivity index (χ1v) is 12.6. The van der Waals surface area contributed by atoms with Crippen LogP contribution < -0.4 is 10.5 Å². The molecule has 2 aliphatic heterocycles. The zero-order valence-electron chi connectivity index (χ0n) is 21.4. The van der Waals surface area contributed by atoms with E-state index in [1.165, 1.54) is 0 Å². The zero-order valence-corrected chi connectivity index (χ0v) is 21.4. The van der Waals surface area contributed by atoms with Gasteiger partial charge in [0, 0.05) is 38.9 Å². The quantitative estimate of drug-likeness (QED) is 0.666. The molecule has 34 heavy (non-hydrogen) atoms. The van der Waals surface area contributed by atoms with Crippen LogP contribution in [0.4, 0.5) is 10.5 Å². The van der Waals surface area contributed by atoms with Crippen molar-refractivity contribution >= 4 is 22.8 Å². The van der Waals surface area contributed by atoms with Crippen molar-refractivity contribution in [2.75, 3.05) is 24.6 Å². The molecule has 2 aromatic rings. The third kappa shape index (κ3) is 4.80. The van der Waals surface area contributed by atoms with Gasteiger partial charge >= 0.3 is 6.09 Å². The van der Waals surface area contributed by atoms with Gasteiger partial charge in [0.25, 0.3) is 5.56 Å². The molecular weight excluding hydrogens is 434 g/mol. The summed E-state index contributed by atoms with van der Waals surface area (Å²) >= 11 is 0. The summed E-state index contributed by atoms with van der Waals surface area (Å²) in [5.74, 6) is 0. The van der Waals surface area contributed by atoms with Crippen LogP contribution in [0.1, 0.15) is 73.0 Å². The number of carbonyl (C=O) groups is 1. The molecule has 1 amide bonds. The van der Waals surface area contributed by atoms with E-state index in [2.05, 4.69) is 18.7 Å². The monoisotopic (exact) mass is 473 g/mol. The molecule has 0 aliphatic carbocycles. The minimum atomic E-state index is -0.542. The molecule has 0 bridgehead atoms. The fourth-order valence-corrected chi connectivity index (χ4v) is 5.00. The maximum atomic E-state index is 13.0. The molecule has 0 radical (unpaired) electrons. The molecule has 0 saturated carbocycles. The lowest BCUT2D eigenvalue weighted by Crippen LogP contribution is -2.60. The van der Waals surface area contributed by atoms with Crippen molar-refractivity contribution < 1.29 is 14.3 Å². The number of pyridine rings is 1. The van der Waals surface area contributed by atoms with Crippen LogP contribution in [-0.2, 0) is 16.5 Å². The largest absolute Gasteiger partial charge is 0.444 e. The van der Waals surface area contributed by atoms with E-state index in [1.54, 1.807) is 17.7 Å². The molecule has 0 spiro atoms. The number of ether oxygens (including phenoxy) is 2. The molecule has 2 fully saturated rings. The van der Waals surface area contributed by atoms with Gasteiger partial charge in [-0.25, -0.2) is 9.48 Å². The molecule has 4 rings (SSSR count). The van der Waals surface area contributed by atoms with Gasteiger partial charge < -0.3 is 23.8 Å².